The van der Waals surface area contributed by atoms with Gasteiger partial charge in [0.15, 0.2) is 0 Å². The fourth-order valence-corrected chi connectivity index (χ4v) is 2.11. The van der Waals surface area contributed by atoms with E-state index in [4.69, 9.17) is 0 Å². The van der Waals surface area contributed by atoms with Gasteiger partial charge in [-0.1, -0.05) is 0 Å². The van der Waals surface area contributed by atoms with E-state index in [2.05, 4.69) is 9.98 Å². The molecule has 0 unspecified atom stereocenters. The Morgan fingerprint density at radius 1 is 0.679 bits per heavy atom. The molecule has 0 atom stereocenters. The Bertz CT molecular complexity index is 815. The van der Waals surface area contributed by atoms with Crippen LogP contribution in [0.15, 0.2) is 46.4 Å². The lowest BCUT2D eigenvalue weighted by Gasteiger charge is -2.08. The molecule has 0 fully saturated rings. The summed E-state index contributed by atoms with van der Waals surface area (Å²) in [6.07, 6.45) is -7.04. The summed E-state index contributed by atoms with van der Waals surface area (Å²) in [6.45, 7) is 0.0117. The Morgan fingerprint density at radius 3 is 1.36 bits per heavy atom. The summed E-state index contributed by atoms with van der Waals surface area (Å²) in [5, 5.41) is 19.1. The van der Waals surface area contributed by atoms with Crippen molar-refractivity contribution < 1.29 is 36.6 Å². The van der Waals surface area contributed by atoms with Crippen LogP contribution in [0.1, 0.15) is 22.3 Å². The molecule has 2 rings (SSSR count). The third-order valence-electron chi connectivity index (χ3n) is 3.53. The maximum absolute atomic E-state index is 12.6. The van der Waals surface area contributed by atoms with Gasteiger partial charge >= 0.3 is 12.4 Å². The van der Waals surface area contributed by atoms with Gasteiger partial charge in [0.25, 0.3) is 0 Å². The van der Waals surface area contributed by atoms with Crippen molar-refractivity contribution in [1.29, 1.82) is 0 Å². The summed E-state index contributed by atoms with van der Waals surface area (Å²) in [4.78, 5) is 7.65. The quantitative estimate of drug-likeness (QED) is 0.432. The van der Waals surface area contributed by atoms with Gasteiger partial charge in [0.2, 0.25) is 0 Å². The number of benzene rings is 2. The van der Waals surface area contributed by atoms with Gasteiger partial charge in [0.1, 0.15) is 11.5 Å². The summed E-state index contributed by atoms with van der Waals surface area (Å²) < 4.78 is 75.9. The van der Waals surface area contributed by atoms with Crippen LogP contribution >= 0.6 is 0 Å². The van der Waals surface area contributed by atoms with E-state index in [-0.39, 0.29) is 35.7 Å². The number of halogens is 6. The highest BCUT2D eigenvalue weighted by atomic mass is 19.4. The van der Waals surface area contributed by atoms with Crippen LogP contribution in [0, 0.1) is 0 Å². The first kappa shape index (κ1) is 21.3. The van der Waals surface area contributed by atoms with Crippen molar-refractivity contribution in [2.45, 2.75) is 12.4 Å². The van der Waals surface area contributed by atoms with Crippen LogP contribution in [0.3, 0.4) is 0 Å². The average molecular weight is 404 g/mol. The first-order valence-electron chi connectivity index (χ1n) is 7.78. The van der Waals surface area contributed by atoms with Crippen molar-refractivity contribution >= 4 is 12.4 Å². The summed E-state index contributed by atoms with van der Waals surface area (Å²) in [7, 11) is 0. The number of hydrogen-bond acceptors (Lipinski definition) is 4. The van der Waals surface area contributed by atoms with Gasteiger partial charge < -0.3 is 10.2 Å². The number of alkyl halides is 6. The van der Waals surface area contributed by atoms with Gasteiger partial charge in [-0.05, 0) is 36.4 Å². The molecular formula is C18H14F6N2O2. The van der Waals surface area contributed by atoms with Crippen LogP contribution < -0.4 is 0 Å². The molecular weight excluding hydrogens is 390 g/mol. The first-order valence-corrected chi connectivity index (χ1v) is 7.78. The van der Waals surface area contributed by atoms with Gasteiger partial charge in [-0.2, -0.15) is 26.3 Å². The molecule has 0 aliphatic rings. The Balaban J connectivity index is 2.00. The monoisotopic (exact) mass is 404 g/mol. The molecule has 2 aromatic rings. The van der Waals surface area contributed by atoms with Crippen LogP contribution in [0.2, 0.25) is 0 Å². The van der Waals surface area contributed by atoms with Crippen molar-refractivity contribution in [2.75, 3.05) is 13.1 Å². The number of phenolic OH excluding ortho intramolecular Hbond substituents is 2. The second-order valence-corrected chi connectivity index (χ2v) is 5.61. The molecule has 0 aliphatic heterocycles. The van der Waals surface area contributed by atoms with Crippen molar-refractivity contribution in [3.8, 4) is 11.5 Å². The second kappa shape index (κ2) is 8.32. The van der Waals surface area contributed by atoms with Crippen LogP contribution in [-0.2, 0) is 12.4 Å². The minimum Gasteiger partial charge on any atom is -0.507 e. The van der Waals surface area contributed by atoms with Crippen molar-refractivity contribution in [3.63, 3.8) is 0 Å². The molecule has 0 bridgehead atoms. The average Bonchev–Trinajstić information content (AvgIpc) is 2.58. The van der Waals surface area contributed by atoms with E-state index in [1.54, 1.807) is 0 Å². The molecule has 0 heterocycles. The normalized spacial score (nSPS) is 12.9. The zero-order valence-corrected chi connectivity index (χ0v) is 14.1. The number of aromatic hydroxyl groups is 2. The molecule has 2 N–H and O–H groups in total. The largest absolute Gasteiger partial charge is 0.507 e. The predicted octanol–water partition coefficient (Wildman–Crippen LogP) is 4.67. The number of rotatable bonds is 5. The smallest absolute Gasteiger partial charge is 0.416 e. The number of aliphatic imine (C=N–C) groups is 2. The first-order chi connectivity index (χ1) is 13.0. The highest BCUT2D eigenvalue weighted by Crippen LogP contribution is 2.32. The topological polar surface area (TPSA) is 65.2 Å². The van der Waals surface area contributed by atoms with E-state index >= 15 is 0 Å². The Kier molecular flexibility index (Phi) is 6.32. The van der Waals surface area contributed by atoms with Crippen LogP contribution in [0.25, 0.3) is 0 Å². The van der Waals surface area contributed by atoms with Crippen LogP contribution in [0.4, 0.5) is 26.3 Å². The molecule has 150 valence electrons. The SMILES string of the molecule is Oc1ccc(C(F)(F)F)cc1C=NCCN=Cc1cc(C(F)(F)F)ccc1O. The minimum absolute atomic E-state index is 0.00586. The molecule has 0 aromatic heterocycles. The fourth-order valence-electron chi connectivity index (χ4n) is 2.11. The zero-order chi connectivity index (χ0) is 20.9. The van der Waals surface area contributed by atoms with Crippen molar-refractivity contribution in [1.82, 2.24) is 0 Å². The summed E-state index contributed by atoms with van der Waals surface area (Å²) in [5.74, 6) is -0.761. The van der Waals surface area contributed by atoms with E-state index < -0.39 is 23.5 Å². The number of hydrogen-bond donors (Lipinski definition) is 2. The van der Waals surface area contributed by atoms with Gasteiger partial charge in [0, 0.05) is 23.6 Å². The van der Waals surface area contributed by atoms with E-state index in [9.17, 15) is 36.6 Å². The molecule has 28 heavy (non-hydrogen) atoms. The van der Waals surface area contributed by atoms with Gasteiger partial charge in [0.05, 0.1) is 24.2 Å². The zero-order valence-electron chi connectivity index (χ0n) is 14.1. The van der Waals surface area contributed by atoms with Gasteiger partial charge in [-0.15, -0.1) is 0 Å². The van der Waals surface area contributed by atoms with Gasteiger partial charge in [-0.25, -0.2) is 0 Å². The second-order valence-electron chi connectivity index (χ2n) is 5.61. The van der Waals surface area contributed by atoms with Gasteiger partial charge in [-0.3, -0.25) is 9.98 Å². The number of phenols is 2. The highest BCUT2D eigenvalue weighted by Gasteiger charge is 2.31. The predicted molar refractivity (Wildman–Crippen MR) is 91.1 cm³/mol. The Morgan fingerprint density at radius 2 is 1.04 bits per heavy atom. The number of nitrogens with zero attached hydrogens (tertiary/aromatic N) is 2. The molecule has 0 spiro atoms. The summed E-state index contributed by atoms with van der Waals surface area (Å²) in [5.41, 5.74) is -2.14. The van der Waals surface area contributed by atoms with Crippen LogP contribution in [-0.4, -0.2) is 35.7 Å². The summed E-state index contributed by atoms with van der Waals surface area (Å²) >= 11 is 0. The molecule has 0 radical (unpaired) electrons. The van der Waals surface area contributed by atoms with E-state index in [0.29, 0.717) is 0 Å². The van der Waals surface area contributed by atoms with E-state index in [1.165, 1.54) is 0 Å². The Hall–Kier alpha value is -3.04. The molecule has 10 heteroatoms. The minimum atomic E-state index is -4.56. The molecule has 0 aliphatic carbocycles. The maximum Gasteiger partial charge on any atom is 0.416 e. The van der Waals surface area contributed by atoms with Crippen molar-refractivity contribution in [3.05, 3.63) is 58.7 Å². The molecule has 0 amide bonds. The van der Waals surface area contributed by atoms with Crippen molar-refractivity contribution in [2.24, 2.45) is 9.98 Å². The lowest BCUT2D eigenvalue weighted by molar-refractivity contribution is -0.138. The standard InChI is InChI=1S/C18H14F6N2O2/c19-17(20,21)13-1-3-15(27)11(7-13)9-25-5-6-26-10-12-8-14(18(22,23)24)2-4-16(12)28/h1-4,7-10,27-28H,5-6H2. The molecule has 4 nitrogen and oxygen atoms in total. The van der Waals surface area contributed by atoms with Crippen LogP contribution in [0.5, 0.6) is 11.5 Å². The maximum atomic E-state index is 12.6. The fraction of sp³-hybridized carbons (Fsp3) is 0.222. The highest BCUT2D eigenvalue weighted by molar-refractivity contribution is 5.84. The molecule has 0 saturated carbocycles. The third kappa shape index (κ3) is 5.73. The lowest BCUT2D eigenvalue weighted by Crippen LogP contribution is -2.05. The third-order valence-corrected chi connectivity index (χ3v) is 3.53. The lowest BCUT2D eigenvalue weighted by atomic mass is 10.1. The van der Waals surface area contributed by atoms with E-state index in [0.717, 1.165) is 48.8 Å². The van der Waals surface area contributed by atoms with E-state index in [1.807, 2.05) is 0 Å². The Labute approximate surface area is 155 Å². The molecule has 2 aromatic carbocycles. The summed E-state index contributed by atoms with van der Waals surface area (Å²) in [6, 6.07) is 4.75. The molecule has 0 saturated heterocycles.